The summed E-state index contributed by atoms with van der Waals surface area (Å²) in [5, 5.41) is 5.47. The standard InChI is InChI=1S/C24H27NO3S2/c1-13(2)12-28-24(27)21-15(4)25-17-10-16(19-6-5-9-29-19)11-18(26)22(17)23(21)20-8-7-14(3)30-20/h5-9,13,16,23,25H,10-12H2,1-4H3. The lowest BCUT2D eigenvalue weighted by Crippen LogP contribution is -2.36. The van der Waals surface area contributed by atoms with Crippen LogP contribution in [-0.4, -0.2) is 18.4 Å². The smallest absolute Gasteiger partial charge is 0.336 e. The van der Waals surface area contributed by atoms with E-state index in [0.29, 0.717) is 18.6 Å². The molecule has 3 heterocycles. The van der Waals surface area contributed by atoms with E-state index in [4.69, 9.17) is 4.74 Å². The van der Waals surface area contributed by atoms with Gasteiger partial charge in [0, 0.05) is 43.9 Å². The second-order valence-electron chi connectivity index (χ2n) is 8.47. The highest BCUT2D eigenvalue weighted by Gasteiger charge is 2.42. The number of ether oxygens (including phenoxy) is 1. The summed E-state index contributed by atoms with van der Waals surface area (Å²) in [6.07, 6.45) is 1.27. The lowest BCUT2D eigenvalue weighted by atomic mass is 9.74. The Morgan fingerprint density at radius 1 is 1.20 bits per heavy atom. The van der Waals surface area contributed by atoms with E-state index in [-0.39, 0.29) is 29.5 Å². The van der Waals surface area contributed by atoms with E-state index in [1.54, 1.807) is 22.7 Å². The van der Waals surface area contributed by atoms with Gasteiger partial charge in [0.15, 0.2) is 5.78 Å². The van der Waals surface area contributed by atoms with Gasteiger partial charge in [-0.15, -0.1) is 22.7 Å². The highest BCUT2D eigenvalue weighted by atomic mass is 32.1. The van der Waals surface area contributed by atoms with Crippen LogP contribution < -0.4 is 5.32 Å². The van der Waals surface area contributed by atoms with E-state index in [2.05, 4.69) is 22.8 Å². The molecule has 0 saturated heterocycles. The minimum atomic E-state index is -0.351. The second-order valence-corrected chi connectivity index (χ2v) is 10.8. The monoisotopic (exact) mass is 441 g/mol. The second kappa shape index (κ2) is 8.52. The van der Waals surface area contributed by atoms with E-state index >= 15 is 0 Å². The van der Waals surface area contributed by atoms with Gasteiger partial charge in [-0.05, 0) is 49.8 Å². The molecule has 6 heteroatoms. The van der Waals surface area contributed by atoms with Gasteiger partial charge in [-0.3, -0.25) is 4.79 Å². The van der Waals surface area contributed by atoms with Gasteiger partial charge in [0.25, 0.3) is 0 Å². The van der Waals surface area contributed by atoms with Crippen molar-refractivity contribution in [2.45, 2.75) is 52.4 Å². The first kappa shape index (κ1) is 21.1. The molecule has 4 nitrogen and oxygen atoms in total. The topological polar surface area (TPSA) is 55.4 Å². The Balaban J connectivity index is 1.75. The lowest BCUT2D eigenvalue weighted by molar-refractivity contribution is -0.140. The Morgan fingerprint density at radius 2 is 2.00 bits per heavy atom. The molecule has 0 fully saturated rings. The third-order valence-corrected chi connectivity index (χ3v) is 7.69. The predicted molar refractivity (Wildman–Crippen MR) is 122 cm³/mol. The number of rotatable bonds is 5. The average Bonchev–Trinajstić information content (AvgIpc) is 3.36. The number of aryl methyl sites for hydroxylation is 1. The third-order valence-electron chi connectivity index (χ3n) is 5.59. The average molecular weight is 442 g/mol. The molecule has 158 valence electrons. The largest absolute Gasteiger partial charge is 0.462 e. The van der Waals surface area contributed by atoms with Crippen molar-refractivity contribution in [1.29, 1.82) is 0 Å². The van der Waals surface area contributed by atoms with Crippen molar-refractivity contribution in [2.24, 2.45) is 5.92 Å². The van der Waals surface area contributed by atoms with Crippen molar-refractivity contribution in [3.8, 4) is 0 Å². The van der Waals surface area contributed by atoms with Crippen molar-refractivity contribution < 1.29 is 14.3 Å². The maximum absolute atomic E-state index is 13.4. The summed E-state index contributed by atoms with van der Waals surface area (Å²) in [4.78, 5) is 29.9. The van der Waals surface area contributed by atoms with Crippen molar-refractivity contribution in [1.82, 2.24) is 5.32 Å². The van der Waals surface area contributed by atoms with E-state index in [9.17, 15) is 9.59 Å². The number of esters is 1. The van der Waals surface area contributed by atoms with Crippen molar-refractivity contribution in [2.75, 3.05) is 6.61 Å². The SMILES string of the molecule is CC1=C(C(=O)OCC(C)C)C(c2ccc(C)s2)C2=C(CC(c3cccs3)CC2=O)N1. The van der Waals surface area contributed by atoms with Crippen molar-refractivity contribution in [3.05, 3.63) is 66.8 Å². The Kier molecular flexibility index (Phi) is 5.98. The molecule has 0 radical (unpaired) electrons. The fourth-order valence-corrected chi connectivity index (χ4v) is 6.08. The molecule has 0 bridgehead atoms. The van der Waals surface area contributed by atoms with E-state index in [1.807, 2.05) is 39.8 Å². The number of thiophene rings is 2. The third kappa shape index (κ3) is 4.03. The first-order valence-electron chi connectivity index (χ1n) is 10.4. The molecule has 2 aromatic heterocycles. The number of allylic oxidation sites excluding steroid dienone is 3. The van der Waals surface area contributed by atoms with Crippen molar-refractivity contribution in [3.63, 3.8) is 0 Å². The summed E-state index contributed by atoms with van der Waals surface area (Å²) >= 11 is 3.34. The Labute approximate surface area is 185 Å². The van der Waals surface area contributed by atoms with Crippen LogP contribution in [0.2, 0.25) is 0 Å². The number of hydrogen-bond donors (Lipinski definition) is 1. The molecule has 1 aliphatic carbocycles. The first-order valence-corrected chi connectivity index (χ1v) is 12.1. The van der Waals surface area contributed by atoms with Gasteiger partial charge in [0.05, 0.1) is 18.1 Å². The summed E-state index contributed by atoms with van der Waals surface area (Å²) in [6.45, 7) is 8.37. The summed E-state index contributed by atoms with van der Waals surface area (Å²) in [7, 11) is 0. The van der Waals surface area contributed by atoms with E-state index < -0.39 is 0 Å². The highest BCUT2D eigenvalue weighted by molar-refractivity contribution is 7.12. The molecule has 2 aliphatic rings. The number of hydrogen-bond acceptors (Lipinski definition) is 6. The zero-order valence-electron chi connectivity index (χ0n) is 17.8. The van der Waals surface area contributed by atoms with Crippen LogP contribution >= 0.6 is 22.7 Å². The summed E-state index contributed by atoms with van der Waals surface area (Å²) in [5.74, 6) is -0.107. The zero-order chi connectivity index (χ0) is 21.4. The summed E-state index contributed by atoms with van der Waals surface area (Å²) < 4.78 is 5.60. The molecule has 2 aromatic rings. The zero-order valence-corrected chi connectivity index (χ0v) is 19.4. The molecule has 1 N–H and O–H groups in total. The predicted octanol–water partition coefficient (Wildman–Crippen LogP) is 5.68. The number of dihydropyridines is 1. The molecular weight excluding hydrogens is 414 g/mol. The van der Waals surface area contributed by atoms with Crippen LogP contribution in [0.15, 0.2) is 52.2 Å². The van der Waals surface area contributed by atoms with Crippen LogP contribution in [0, 0.1) is 12.8 Å². The molecule has 0 saturated carbocycles. The molecular formula is C24H27NO3S2. The number of carbonyl (C=O) groups excluding carboxylic acids is 2. The van der Waals surface area contributed by atoms with Crippen molar-refractivity contribution >= 4 is 34.4 Å². The Hall–Kier alpha value is -2.18. The molecule has 0 aromatic carbocycles. The molecule has 0 spiro atoms. The van der Waals surface area contributed by atoms with Crippen LogP contribution in [0.4, 0.5) is 0 Å². The quantitative estimate of drug-likeness (QED) is 0.607. The van der Waals surface area contributed by atoms with Crippen LogP contribution in [0.5, 0.6) is 0 Å². The number of carbonyl (C=O) groups is 2. The fourth-order valence-electron chi connectivity index (χ4n) is 4.25. The fraction of sp³-hybridized carbons (Fsp3) is 0.417. The van der Waals surface area contributed by atoms with Crippen LogP contribution in [0.1, 0.15) is 60.1 Å². The number of Topliss-reactive ketones (excluding diaryl/α,β-unsaturated/α-hetero) is 1. The number of nitrogens with one attached hydrogen (secondary N) is 1. The van der Waals surface area contributed by atoms with Crippen LogP contribution in [0.3, 0.4) is 0 Å². The van der Waals surface area contributed by atoms with E-state index in [0.717, 1.165) is 33.1 Å². The van der Waals surface area contributed by atoms with Gasteiger partial charge in [-0.1, -0.05) is 19.9 Å². The Morgan fingerprint density at radius 3 is 2.63 bits per heavy atom. The normalized spacial score (nSPS) is 21.7. The molecule has 1 aliphatic heterocycles. The van der Waals surface area contributed by atoms with E-state index in [1.165, 1.54) is 4.88 Å². The molecule has 2 atom stereocenters. The minimum absolute atomic E-state index is 0.125. The van der Waals surface area contributed by atoms with Gasteiger partial charge in [0.2, 0.25) is 0 Å². The summed E-state index contributed by atoms with van der Waals surface area (Å²) in [5.41, 5.74) is 3.06. The highest BCUT2D eigenvalue weighted by Crippen LogP contribution is 2.47. The van der Waals surface area contributed by atoms with Gasteiger partial charge in [-0.2, -0.15) is 0 Å². The Bertz CT molecular complexity index is 1030. The van der Waals surface area contributed by atoms with Crippen LogP contribution in [0.25, 0.3) is 0 Å². The molecule has 4 rings (SSSR count). The van der Waals surface area contributed by atoms with Crippen LogP contribution in [-0.2, 0) is 14.3 Å². The molecule has 0 amide bonds. The van der Waals surface area contributed by atoms with Gasteiger partial charge in [0.1, 0.15) is 0 Å². The van der Waals surface area contributed by atoms with Gasteiger partial charge >= 0.3 is 5.97 Å². The molecule has 30 heavy (non-hydrogen) atoms. The minimum Gasteiger partial charge on any atom is -0.462 e. The van der Waals surface area contributed by atoms with Gasteiger partial charge < -0.3 is 10.1 Å². The summed E-state index contributed by atoms with van der Waals surface area (Å²) in [6, 6.07) is 8.24. The lowest BCUT2D eigenvalue weighted by Gasteiger charge is -2.36. The molecule has 2 unspecified atom stereocenters. The maximum atomic E-state index is 13.4. The van der Waals surface area contributed by atoms with Gasteiger partial charge in [-0.25, -0.2) is 4.79 Å². The first-order chi connectivity index (χ1) is 14.3. The number of ketones is 1. The maximum Gasteiger partial charge on any atom is 0.336 e.